The molecule has 25 heavy (non-hydrogen) atoms. The number of benzene rings is 1. The van der Waals surface area contributed by atoms with Crippen molar-refractivity contribution in [1.29, 1.82) is 0 Å². The Balaban J connectivity index is 1.71. The van der Waals surface area contributed by atoms with Gasteiger partial charge >= 0.3 is 0 Å². The van der Waals surface area contributed by atoms with E-state index in [0.29, 0.717) is 35.9 Å². The lowest BCUT2D eigenvalue weighted by Gasteiger charge is -2.32. The van der Waals surface area contributed by atoms with Crippen LogP contribution in [0.5, 0.6) is 0 Å². The first kappa shape index (κ1) is 15.6. The highest BCUT2D eigenvalue weighted by Crippen LogP contribution is 2.25. The van der Waals surface area contributed by atoms with Crippen LogP contribution < -0.4 is 15.8 Å². The molecule has 8 heteroatoms. The summed E-state index contributed by atoms with van der Waals surface area (Å²) in [5, 5.41) is 3.26. The van der Waals surface area contributed by atoms with Gasteiger partial charge in [-0.2, -0.15) is 0 Å². The summed E-state index contributed by atoms with van der Waals surface area (Å²) in [4.78, 5) is 17.1. The largest absolute Gasteiger partial charge is 0.467 e. The predicted molar refractivity (Wildman–Crippen MR) is 94.8 cm³/mol. The molecule has 1 aliphatic rings. The van der Waals surface area contributed by atoms with Crippen LogP contribution >= 0.6 is 12.2 Å². The minimum absolute atomic E-state index is 0.227. The topological polar surface area (TPSA) is 66.2 Å². The highest BCUT2D eigenvalue weighted by molar-refractivity contribution is 7.71. The van der Waals surface area contributed by atoms with Crippen molar-refractivity contribution in [2.75, 3.05) is 16.9 Å². The molecule has 1 aromatic carbocycles. The molecule has 0 fully saturated rings. The van der Waals surface area contributed by atoms with E-state index in [4.69, 9.17) is 16.6 Å². The summed E-state index contributed by atoms with van der Waals surface area (Å²) in [7, 11) is 0. The van der Waals surface area contributed by atoms with Gasteiger partial charge < -0.3 is 14.6 Å². The summed E-state index contributed by atoms with van der Waals surface area (Å²) in [6.45, 7) is 1.31. The first-order chi connectivity index (χ1) is 12.1. The van der Waals surface area contributed by atoms with Crippen molar-refractivity contribution in [3.8, 4) is 0 Å². The SMILES string of the molecule is O=c1[nH]c(=S)n(Cc2ccco2)c2c1CN(c1ccc(F)cc1)CN2. The van der Waals surface area contributed by atoms with Gasteiger partial charge in [0.05, 0.1) is 31.6 Å². The summed E-state index contributed by atoms with van der Waals surface area (Å²) in [5.41, 5.74) is 1.18. The van der Waals surface area contributed by atoms with E-state index in [1.54, 1.807) is 24.5 Å². The number of hydrogen-bond acceptors (Lipinski definition) is 5. The number of halogens is 1. The van der Waals surface area contributed by atoms with Crippen molar-refractivity contribution in [3.05, 3.63) is 74.9 Å². The van der Waals surface area contributed by atoms with E-state index >= 15 is 0 Å². The van der Waals surface area contributed by atoms with E-state index in [0.717, 1.165) is 11.4 Å². The zero-order valence-corrected chi connectivity index (χ0v) is 14.0. The number of fused-ring (bicyclic) bond motifs is 1. The number of nitrogens with one attached hydrogen (secondary N) is 2. The van der Waals surface area contributed by atoms with Crippen molar-refractivity contribution in [1.82, 2.24) is 9.55 Å². The molecule has 0 radical (unpaired) electrons. The Bertz CT molecular complexity index is 1010. The molecule has 128 valence electrons. The van der Waals surface area contributed by atoms with Gasteiger partial charge in [-0.15, -0.1) is 0 Å². The van der Waals surface area contributed by atoms with Crippen LogP contribution in [0.2, 0.25) is 0 Å². The predicted octanol–water partition coefficient (Wildman–Crippen LogP) is 3.08. The Morgan fingerprint density at radius 2 is 2.04 bits per heavy atom. The maximum atomic E-state index is 13.1. The van der Waals surface area contributed by atoms with Gasteiger partial charge in [-0.3, -0.25) is 14.3 Å². The van der Waals surface area contributed by atoms with Crippen molar-refractivity contribution < 1.29 is 8.81 Å². The molecule has 0 saturated heterocycles. The third-order valence-electron chi connectivity index (χ3n) is 4.17. The third-order valence-corrected chi connectivity index (χ3v) is 4.49. The number of H-pyrrole nitrogens is 1. The van der Waals surface area contributed by atoms with Crippen LogP contribution in [-0.4, -0.2) is 16.2 Å². The Kier molecular flexibility index (Phi) is 3.89. The second kappa shape index (κ2) is 6.21. The van der Waals surface area contributed by atoms with Crippen LogP contribution in [-0.2, 0) is 13.1 Å². The fourth-order valence-corrected chi connectivity index (χ4v) is 3.17. The Morgan fingerprint density at radius 1 is 1.24 bits per heavy atom. The van der Waals surface area contributed by atoms with Gasteiger partial charge in [0.15, 0.2) is 4.77 Å². The molecule has 0 amide bonds. The lowest BCUT2D eigenvalue weighted by Crippen LogP contribution is -2.39. The lowest BCUT2D eigenvalue weighted by atomic mass is 10.2. The van der Waals surface area contributed by atoms with Gasteiger partial charge in [0.25, 0.3) is 5.56 Å². The van der Waals surface area contributed by atoms with E-state index in [9.17, 15) is 9.18 Å². The van der Waals surface area contributed by atoms with E-state index in [1.165, 1.54) is 12.1 Å². The first-order valence-electron chi connectivity index (χ1n) is 7.74. The second-order valence-electron chi connectivity index (χ2n) is 5.76. The standard InChI is InChI=1S/C17H15FN4O2S/c18-11-3-5-12(6-4-11)21-9-14-15(19-10-21)22(17(25)20-16(14)23)8-13-2-1-7-24-13/h1-7,19H,8-10H2,(H,20,23,25). The highest BCUT2D eigenvalue weighted by Gasteiger charge is 2.22. The molecular formula is C17H15FN4O2S. The number of anilines is 2. The third kappa shape index (κ3) is 2.96. The van der Waals surface area contributed by atoms with Crippen LogP contribution in [0.1, 0.15) is 11.3 Å². The fourth-order valence-electron chi connectivity index (χ4n) is 2.92. The first-order valence-corrected chi connectivity index (χ1v) is 8.15. The number of furan rings is 1. The summed E-state index contributed by atoms with van der Waals surface area (Å²) in [6, 6.07) is 9.84. The molecule has 1 aliphatic heterocycles. The maximum absolute atomic E-state index is 13.1. The normalized spacial score (nSPS) is 13.4. The van der Waals surface area contributed by atoms with Crippen LogP contribution in [0.4, 0.5) is 15.9 Å². The summed E-state index contributed by atoms with van der Waals surface area (Å²) in [6.07, 6.45) is 1.60. The summed E-state index contributed by atoms with van der Waals surface area (Å²) >= 11 is 5.31. The smallest absolute Gasteiger partial charge is 0.258 e. The molecule has 4 rings (SSSR count). The van der Waals surface area contributed by atoms with E-state index < -0.39 is 0 Å². The Labute approximate surface area is 147 Å². The van der Waals surface area contributed by atoms with Gasteiger partial charge in [0.1, 0.15) is 17.4 Å². The number of aromatic amines is 1. The van der Waals surface area contributed by atoms with Crippen molar-refractivity contribution in [2.45, 2.75) is 13.1 Å². The number of aromatic nitrogens is 2. The molecule has 0 atom stereocenters. The highest BCUT2D eigenvalue weighted by atomic mass is 32.1. The molecule has 3 aromatic rings. The van der Waals surface area contributed by atoms with E-state index in [1.807, 2.05) is 15.5 Å². The van der Waals surface area contributed by atoms with Gasteiger partial charge in [-0.05, 0) is 48.6 Å². The minimum atomic E-state index is -0.293. The average molecular weight is 358 g/mol. The molecule has 0 aliphatic carbocycles. The van der Waals surface area contributed by atoms with Crippen LogP contribution in [0.15, 0.2) is 51.9 Å². The molecule has 3 heterocycles. The maximum Gasteiger partial charge on any atom is 0.258 e. The fraction of sp³-hybridized carbons (Fsp3) is 0.176. The van der Waals surface area contributed by atoms with Crippen molar-refractivity contribution >= 4 is 23.7 Å². The second-order valence-corrected chi connectivity index (χ2v) is 6.15. The monoisotopic (exact) mass is 358 g/mol. The molecular weight excluding hydrogens is 343 g/mol. The van der Waals surface area contributed by atoms with Crippen LogP contribution in [0, 0.1) is 10.6 Å². The molecule has 6 nitrogen and oxygen atoms in total. The van der Waals surface area contributed by atoms with Gasteiger partial charge in [-0.1, -0.05) is 0 Å². The summed E-state index contributed by atoms with van der Waals surface area (Å²) < 4.78 is 20.7. The zero-order chi connectivity index (χ0) is 17.4. The van der Waals surface area contributed by atoms with Crippen LogP contribution in [0.3, 0.4) is 0 Å². The minimum Gasteiger partial charge on any atom is -0.467 e. The Hall–Kier alpha value is -2.87. The summed E-state index contributed by atoms with van der Waals surface area (Å²) in [5.74, 6) is 1.13. The molecule has 0 spiro atoms. The van der Waals surface area contributed by atoms with Crippen molar-refractivity contribution in [2.24, 2.45) is 0 Å². The van der Waals surface area contributed by atoms with E-state index in [-0.39, 0.29) is 11.4 Å². The number of nitrogens with zero attached hydrogens (tertiary/aromatic N) is 2. The van der Waals surface area contributed by atoms with E-state index in [2.05, 4.69) is 10.3 Å². The Morgan fingerprint density at radius 3 is 2.76 bits per heavy atom. The van der Waals surface area contributed by atoms with Gasteiger partial charge in [0, 0.05) is 5.69 Å². The quantitative estimate of drug-likeness (QED) is 0.705. The van der Waals surface area contributed by atoms with Crippen molar-refractivity contribution in [3.63, 3.8) is 0 Å². The zero-order valence-electron chi connectivity index (χ0n) is 13.2. The molecule has 2 N–H and O–H groups in total. The van der Waals surface area contributed by atoms with Gasteiger partial charge in [0.2, 0.25) is 0 Å². The van der Waals surface area contributed by atoms with Gasteiger partial charge in [-0.25, -0.2) is 4.39 Å². The molecule has 2 aromatic heterocycles. The molecule has 0 saturated carbocycles. The molecule has 0 bridgehead atoms. The average Bonchev–Trinajstić information content (AvgIpc) is 3.12. The number of hydrogen-bond donors (Lipinski definition) is 2. The lowest BCUT2D eigenvalue weighted by molar-refractivity contribution is 0.489. The number of rotatable bonds is 3. The molecule has 0 unspecified atom stereocenters. The van der Waals surface area contributed by atoms with Crippen LogP contribution in [0.25, 0.3) is 0 Å².